The predicted molar refractivity (Wildman–Crippen MR) is 124 cm³/mol. The van der Waals surface area contributed by atoms with Crippen molar-refractivity contribution < 1.29 is 18.7 Å². The predicted octanol–water partition coefficient (Wildman–Crippen LogP) is 4.02. The molecule has 1 saturated heterocycles. The summed E-state index contributed by atoms with van der Waals surface area (Å²) in [5.74, 6) is -0.217. The number of hydrogen-bond donors (Lipinski definition) is 2. The Morgan fingerprint density at radius 2 is 2.03 bits per heavy atom. The summed E-state index contributed by atoms with van der Waals surface area (Å²) in [4.78, 5) is 19.6. The van der Waals surface area contributed by atoms with Gasteiger partial charge in [0.2, 0.25) is 0 Å². The highest BCUT2D eigenvalue weighted by Crippen LogP contribution is 2.37. The van der Waals surface area contributed by atoms with Crippen LogP contribution in [0.1, 0.15) is 67.4 Å². The molecule has 9 heteroatoms. The van der Waals surface area contributed by atoms with E-state index in [1.807, 2.05) is 11.8 Å². The number of anilines is 1. The summed E-state index contributed by atoms with van der Waals surface area (Å²) < 4.78 is 29.8. The van der Waals surface area contributed by atoms with Crippen molar-refractivity contribution in [3.63, 3.8) is 0 Å². The normalized spacial score (nSPS) is 25.1. The van der Waals surface area contributed by atoms with Crippen LogP contribution in [0.5, 0.6) is 0 Å². The lowest BCUT2D eigenvalue weighted by atomic mass is 9.80. The van der Waals surface area contributed by atoms with E-state index in [4.69, 9.17) is 4.98 Å². The van der Waals surface area contributed by atoms with Crippen molar-refractivity contribution in [2.24, 2.45) is 5.92 Å². The summed E-state index contributed by atoms with van der Waals surface area (Å²) in [6.45, 7) is 3.06. The average molecular weight is 470 g/mol. The number of nitrogens with one attached hydrogen (secondary N) is 1. The van der Waals surface area contributed by atoms with E-state index in [2.05, 4.69) is 10.4 Å². The van der Waals surface area contributed by atoms with Crippen LogP contribution in [0.4, 0.5) is 14.6 Å². The smallest absolute Gasteiger partial charge is 0.256 e. The number of halogens is 2. The minimum Gasteiger partial charge on any atom is -0.390 e. The molecule has 1 aliphatic carbocycles. The van der Waals surface area contributed by atoms with Gasteiger partial charge in [-0.3, -0.25) is 4.79 Å². The topological polar surface area (TPSA) is 82.8 Å². The van der Waals surface area contributed by atoms with Gasteiger partial charge in [0.25, 0.3) is 5.91 Å². The fraction of sp³-hybridized carbons (Fsp3) is 0.480. The second kappa shape index (κ2) is 8.94. The Kier molecular flexibility index (Phi) is 5.97. The highest BCUT2D eigenvalue weighted by atomic mass is 19.1. The van der Waals surface area contributed by atoms with E-state index >= 15 is 0 Å². The lowest BCUT2D eigenvalue weighted by molar-refractivity contribution is 0.00836. The molecule has 2 fully saturated rings. The molecule has 0 bridgehead atoms. The van der Waals surface area contributed by atoms with Crippen LogP contribution in [-0.4, -0.2) is 44.3 Å². The quantitative estimate of drug-likeness (QED) is 0.590. The monoisotopic (exact) mass is 469 g/mol. The molecular weight excluding hydrogens is 440 g/mol. The zero-order valence-electron chi connectivity index (χ0n) is 19.2. The molecule has 0 radical (unpaired) electrons. The Hall–Kier alpha value is -3.07. The molecule has 1 aliphatic heterocycles. The first-order valence-corrected chi connectivity index (χ1v) is 11.9. The summed E-state index contributed by atoms with van der Waals surface area (Å²) in [6, 6.07) is 4.99. The molecule has 34 heavy (non-hydrogen) atoms. The molecule has 7 nitrogen and oxygen atoms in total. The van der Waals surface area contributed by atoms with E-state index in [9.17, 15) is 18.7 Å². The Balaban J connectivity index is 1.34. The van der Waals surface area contributed by atoms with E-state index in [0.717, 1.165) is 44.2 Å². The second-order valence-corrected chi connectivity index (χ2v) is 9.78. The Labute approximate surface area is 196 Å². The van der Waals surface area contributed by atoms with Gasteiger partial charge in [0, 0.05) is 24.8 Å². The number of aliphatic hydroxyl groups is 1. The lowest BCUT2D eigenvalue weighted by Crippen LogP contribution is -2.36. The number of carbonyl (C=O) groups excluding carboxylic acids is 1. The van der Waals surface area contributed by atoms with E-state index < -0.39 is 17.2 Å². The van der Waals surface area contributed by atoms with Crippen LogP contribution in [0.2, 0.25) is 0 Å². The fourth-order valence-electron chi connectivity index (χ4n) is 5.15. The van der Waals surface area contributed by atoms with Crippen molar-refractivity contribution in [2.75, 3.05) is 18.0 Å². The van der Waals surface area contributed by atoms with Crippen molar-refractivity contribution in [1.82, 2.24) is 19.9 Å². The van der Waals surface area contributed by atoms with Crippen molar-refractivity contribution in [3.8, 4) is 0 Å². The molecule has 1 atom stereocenters. The average Bonchev–Trinajstić information content (AvgIpc) is 3.46. The van der Waals surface area contributed by atoms with Gasteiger partial charge < -0.3 is 15.3 Å². The van der Waals surface area contributed by atoms with Crippen molar-refractivity contribution in [3.05, 3.63) is 59.4 Å². The van der Waals surface area contributed by atoms with Crippen LogP contribution in [0.25, 0.3) is 5.65 Å². The van der Waals surface area contributed by atoms with E-state index in [-0.39, 0.29) is 11.9 Å². The number of amides is 1. The van der Waals surface area contributed by atoms with Crippen LogP contribution >= 0.6 is 0 Å². The van der Waals surface area contributed by atoms with Gasteiger partial charge in [-0.05, 0) is 75.6 Å². The maximum Gasteiger partial charge on any atom is 0.256 e. The van der Waals surface area contributed by atoms with E-state index in [0.29, 0.717) is 48.0 Å². The summed E-state index contributed by atoms with van der Waals surface area (Å²) in [5, 5.41) is 17.4. The summed E-state index contributed by atoms with van der Waals surface area (Å²) in [5.41, 5.74) is 0.506. The van der Waals surface area contributed by atoms with Crippen LogP contribution < -0.4 is 10.2 Å². The third-order valence-electron chi connectivity index (χ3n) is 7.20. The van der Waals surface area contributed by atoms with Gasteiger partial charge in [-0.25, -0.2) is 18.3 Å². The maximum absolute atomic E-state index is 14.5. The first-order valence-electron chi connectivity index (χ1n) is 11.9. The van der Waals surface area contributed by atoms with Crippen LogP contribution in [0.15, 0.2) is 36.7 Å². The molecule has 2 aliphatic rings. The molecular formula is C25H29F2N5O2. The molecule has 2 N–H and O–H groups in total. The van der Waals surface area contributed by atoms with Gasteiger partial charge in [-0.1, -0.05) is 0 Å². The van der Waals surface area contributed by atoms with Crippen LogP contribution in [0.3, 0.4) is 0 Å². The largest absolute Gasteiger partial charge is 0.390 e. The highest BCUT2D eigenvalue weighted by molar-refractivity contribution is 5.99. The minimum absolute atomic E-state index is 0.244. The molecule has 2 aromatic heterocycles. The number of carbonyl (C=O) groups is 1. The Morgan fingerprint density at radius 1 is 1.24 bits per heavy atom. The molecule has 5 rings (SSSR count). The second-order valence-electron chi connectivity index (χ2n) is 9.78. The third kappa shape index (κ3) is 4.49. The van der Waals surface area contributed by atoms with Gasteiger partial charge in [-0.2, -0.15) is 5.10 Å². The molecule has 0 spiro atoms. The van der Waals surface area contributed by atoms with E-state index in [1.54, 1.807) is 16.8 Å². The molecule has 1 unspecified atom stereocenters. The lowest BCUT2D eigenvalue weighted by Gasteiger charge is -2.33. The first-order chi connectivity index (χ1) is 16.3. The van der Waals surface area contributed by atoms with Gasteiger partial charge in [-0.15, -0.1) is 0 Å². The number of nitrogens with zero attached hydrogens (tertiary/aromatic N) is 4. The molecule has 3 heterocycles. The third-order valence-corrected chi connectivity index (χ3v) is 7.20. The molecule has 1 aromatic carbocycles. The van der Waals surface area contributed by atoms with Crippen molar-refractivity contribution in [1.29, 1.82) is 0 Å². The molecule has 1 saturated carbocycles. The zero-order chi connectivity index (χ0) is 23.9. The summed E-state index contributed by atoms with van der Waals surface area (Å²) in [7, 11) is 0. The minimum atomic E-state index is -0.606. The summed E-state index contributed by atoms with van der Waals surface area (Å²) >= 11 is 0. The number of aromatic nitrogens is 3. The Morgan fingerprint density at radius 3 is 2.82 bits per heavy atom. The SMILES string of the molecule is CC1(O)CCC(CNC(=O)c2cnn3ccc(N4CCCC4c4cc(F)ccc4F)nc23)CC1. The molecule has 3 aromatic rings. The molecule has 1 amide bonds. The zero-order valence-corrected chi connectivity index (χ0v) is 19.2. The maximum atomic E-state index is 14.5. The molecule has 180 valence electrons. The van der Waals surface area contributed by atoms with Gasteiger partial charge in [0.15, 0.2) is 5.65 Å². The highest BCUT2D eigenvalue weighted by Gasteiger charge is 2.31. The number of rotatable bonds is 5. The van der Waals surface area contributed by atoms with Gasteiger partial charge >= 0.3 is 0 Å². The number of benzene rings is 1. The van der Waals surface area contributed by atoms with Crippen LogP contribution in [0, 0.1) is 17.6 Å². The van der Waals surface area contributed by atoms with Gasteiger partial charge in [0.05, 0.1) is 17.8 Å². The Bertz CT molecular complexity index is 1200. The first kappa shape index (κ1) is 22.7. The standard InChI is InChI=1S/C25H29F2N5O2/c1-25(34)9-6-16(7-10-25)14-28-24(33)19-15-29-32-12-8-22(30-23(19)32)31-11-2-3-21(31)18-13-17(26)4-5-20(18)27/h4-5,8,12-13,15-16,21,34H,2-3,6-7,9-11,14H2,1H3,(H,28,33). The number of fused-ring (bicyclic) bond motifs is 1. The van der Waals surface area contributed by atoms with Gasteiger partial charge in [0.1, 0.15) is 23.0 Å². The van der Waals surface area contributed by atoms with Crippen LogP contribution in [-0.2, 0) is 0 Å². The fourth-order valence-corrected chi connectivity index (χ4v) is 5.15. The van der Waals surface area contributed by atoms with Crippen molar-refractivity contribution >= 4 is 17.4 Å². The van der Waals surface area contributed by atoms with Crippen molar-refractivity contribution in [2.45, 2.75) is 57.1 Å². The summed E-state index contributed by atoms with van der Waals surface area (Å²) in [6.07, 6.45) is 7.96. The number of hydrogen-bond acceptors (Lipinski definition) is 5. The van der Waals surface area contributed by atoms with E-state index in [1.165, 1.54) is 12.3 Å².